The Balaban J connectivity index is 3.26. The molecule has 0 aliphatic heterocycles. The molecule has 0 aliphatic carbocycles. The van der Waals surface area contributed by atoms with Gasteiger partial charge in [0.25, 0.3) is 0 Å². The lowest BCUT2D eigenvalue weighted by Gasteiger charge is -2.11. The highest BCUT2D eigenvalue weighted by molar-refractivity contribution is 5.78. The smallest absolute Gasteiger partial charge is 0.307 e. The van der Waals surface area contributed by atoms with E-state index in [0.29, 0.717) is 6.42 Å². The molecule has 0 radical (unpaired) electrons. The minimum Gasteiger partial charge on any atom is -0.481 e. The molecule has 1 unspecified atom stereocenters. The van der Waals surface area contributed by atoms with Gasteiger partial charge in [-0.2, -0.15) is 0 Å². The summed E-state index contributed by atoms with van der Waals surface area (Å²) in [6.07, 6.45) is 41.7. The number of carboxylic acids is 1. The van der Waals surface area contributed by atoms with E-state index in [9.17, 15) is 14.7 Å². The molecular weight excluding hydrogens is 508 g/mol. The van der Waals surface area contributed by atoms with Gasteiger partial charge in [0.05, 0.1) is 12.3 Å². The molecule has 0 bridgehead atoms. The minimum atomic E-state index is -0.899. The first-order valence-corrected chi connectivity index (χ1v) is 17.7. The molecule has 0 aromatic rings. The molecule has 0 aliphatic rings. The van der Waals surface area contributed by atoms with Gasteiger partial charge >= 0.3 is 11.9 Å². The summed E-state index contributed by atoms with van der Waals surface area (Å²) in [6.45, 7) is 5.75. The maximum atomic E-state index is 11.6. The van der Waals surface area contributed by atoms with Crippen molar-refractivity contribution in [2.45, 2.75) is 187 Å². The van der Waals surface area contributed by atoms with Gasteiger partial charge in [0, 0.05) is 0 Å². The Bertz CT molecular complexity index is 612. The fourth-order valence-corrected chi connectivity index (χ4v) is 5.61. The third-order valence-electron chi connectivity index (χ3n) is 8.28. The maximum Gasteiger partial charge on any atom is 0.307 e. The van der Waals surface area contributed by atoms with Gasteiger partial charge in [-0.05, 0) is 26.2 Å². The lowest BCUT2D eigenvalue weighted by atomic mass is 9.97. The van der Waals surface area contributed by atoms with Crippen molar-refractivity contribution in [1.29, 1.82) is 0 Å². The number of carboxylic acid groups (broad SMARTS) is 1. The zero-order valence-corrected chi connectivity index (χ0v) is 27.2. The summed E-state index contributed by atoms with van der Waals surface area (Å²) in [6, 6.07) is 0. The van der Waals surface area contributed by atoms with E-state index in [-0.39, 0.29) is 13.0 Å². The average Bonchev–Trinajstić information content (AvgIpc) is 2.96. The second-order valence-corrected chi connectivity index (χ2v) is 12.2. The first-order chi connectivity index (χ1) is 20.1. The zero-order chi connectivity index (χ0) is 30.1. The van der Waals surface area contributed by atoms with Gasteiger partial charge in [-0.25, -0.2) is 0 Å². The summed E-state index contributed by atoms with van der Waals surface area (Å²) in [5.74, 6) is -1.98. The first-order valence-electron chi connectivity index (χ1n) is 17.7. The van der Waals surface area contributed by atoms with Crippen molar-refractivity contribution in [1.82, 2.24) is 0 Å². The molecule has 240 valence electrons. The Hall–Kier alpha value is -1.58. The van der Waals surface area contributed by atoms with Gasteiger partial charge in [-0.15, -0.1) is 0 Å². The molecule has 0 saturated carbocycles. The lowest BCUT2D eigenvalue weighted by molar-refractivity contribution is -0.151. The number of hydrogen-bond acceptors (Lipinski definition) is 3. The van der Waals surface area contributed by atoms with Crippen molar-refractivity contribution in [3.05, 3.63) is 24.8 Å². The van der Waals surface area contributed by atoms with Crippen LogP contribution >= 0.6 is 0 Å². The number of esters is 1. The number of carbonyl (C=O) groups is 2. The van der Waals surface area contributed by atoms with Crippen LogP contribution in [0.3, 0.4) is 0 Å². The average molecular weight is 577 g/mol. The standard InChI is InChI=1S/C37H68O4/c1-3-5-6-7-8-9-10-11-12-13-14-15-16-17-18-19-20-21-22-23-24-25-26-27-28-29-30-31-32-35(37(39)40)34-36(38)41-33-4-2/h3-5,35H,2,6-34H2,1H3,(H,39,40)/b5-3+. The zero-order valence-electron chi connectivity index (χ0n) is 27.2. The molecule has 0 saturated heterocycles. The van der Waals surface area contributed by atoms with E-state index in [1.54, 1.807) is 0 Å². The second kappa shape index (κ2) is 32.9. The number of unbranched alkanes of at least 4 members (excludes halogenated alkanes) is 25. The molecule has 0 spiro atoms. The third-order valence-corrected chi connectivity index (χ3v) is 8.28. The van der Waals surface area contributed by atoms with Gasteiger partial charge in [-0.3, -0.25) is 9.59 Å². The van der Waals surface area contributed by atoms with E-state index >= 15 is 0 Å². The highest BCUT2D eigenvalue weighted by Crippen LogP contribution is 2.18. The number of allylic oxidation sites excluding steroid dienone is 2. The Morgan fingerprint density at radius 2 is 0.951 bits per heavy atom. The van der Waals surface area contributed by atoms with Gasteiger partial charge in [0.15, 0.2) is 0 Å². The molecular formula is C37H68O4. The van der Waals surface area contributed by atoms with Crippen LogP contribution in [0.25, 0.3) is 0 Å². The van der Waals surface area contributed by atoms with Crippen molar-refractivity contribution in [2.24, 2.45) is 5.92 Å². The van der Waals surface area contributed by atoms with Crippen molar-refractivity contribution in [2.75, 3.05) is 6.61 Å². The van der Waals surface area contributed by atoms with Crippen LogP contribution in [0.2, 0.25) is 0 Å². The fourth-order valence-electron chi connectivity index (χ4n) is 5.61. The Morgan fingerprint density at radius 3 is 1.27 bits per heavy atom. The molecule has 4 heteroatoms. The minimum absolute atomic E-state index is 0.0401. The number of ether oxygens (including phenoxy) is 1. The number of rotatable bonds is 33. The molecule has 0 aromatic carbocycles. The summed E-state index contributed by atoms with van der Waals surface area (Å²) in [4.78, 5) is 23.0. The molecule has 41 heavy (non-hydrogen) atoms. The fraction of sp³-hybridized carbons (Fsp3) is 0.838. The highest BCUT2D eigenvalue weighted by Gasteiger charge is 2.21. The van der Waals surface area contributed by atoms with E-state index in [0.717, 1.165) is 19.3 Å². The topological polar surface area (TPSA) is 63.6 Å². The van der Waals surface area contributed by atoms with Crippen LogP contribution in [0.4, 0.5) is 0 Å². The molecule has 1 atom stereocenters. The molecule has 0 fully saturated rings. The molecule has 0 aromatic heterocycles. The largest absolute Gasteiger partial charge is 0.481 e. The monoisotopic (exact) mass is 577 g/mol. The number of hydrogen-bond donors (Lipinski definition) is 1. The summed E-state index contributed by atoms with van der Waals surface area (Å²) >= 11 is 0. The number of carbonyl (C=O) groups excluding carboxylic acids is 1. The van der Waals surface area contributed by atoms with Crippen molar-refractivity contribution in [3.8, 4) is 0 Å². The summed E-state index contributed by atoms with van der Waals surface area (Å²) in [7, 11) is 0. The molecule has 0 heterocycles. The van der Waals surface area contributed by atoms with Crippen molar-refractivity contribution in [3.63, 3.8) is 0 Å². The Morgan fingerprint density at radius 1 is 0.610 bits per heavy atom. The predicted molar refractivity (Wildman–Crippen MR) is 176 cm³/mol. The van der Waals surface area contributed by atoms with Crippen LogP contribution in [0.5, 0.6) is 0 Å². The van der Waals surface area contributed by atoms with E-state index in [4.69, 9.17) is 4.74 Å². The Labute approximate surface area is 255 Å². The van der Waals surface area contributed by atoms with Gasteiger partial charge in [0.2, 0.25) is 0 Å². The first kappa shape index (κ1) is 39.4. The van der Waals surface area contributed by atoms with Crippen molar-refractivity contribution < 1.29 is 19.4 Å². The quantitative estimate of drug-likeness (QED) is 0.0479. The molecule has 1 N–H and O–H groups in total. The van der Waals surface area contributed by atoms with E-state index < -0.39 is 17.9 Å². The molecule has 4 nitrogen and oxygen atoms in total. The normalized spacial score (nSPS) is 12.1. The van der Waals surface area contributed by atoms with Gasteiger partial charge in [0.1, 0.15) is 6.61 Å². The summed E-state index contributed by atoms with van der Waals surface area (Å²) in [5, 5.41) is 9.32. The molecule has 0 rings (SSSR count). The SMILES string of the molecule is C=CCOC(=O)CC(CCCCCCCCCCCCCCCCCCCCCCCCCCC/C=C/C)C(=O)O. The lowest BCUT2D eigenvalue weighted by Crippen LogP contribution is -2.19. The van der Waals surface area contributed by atoms with Crippen LogP contribution in [-0.2, 0) is 14.3 Å². The van der Waals surface area contributed by atoms with Gasteiger partial charge < -0.3 is 9.84 Å². The second-order valence-electron chi connectivity index (χ2n) is 12.2. The van der Waals surface area contributed by atoms with E-state index in [1.807, 2.05) is 0 Å². The Kier molecular flexibility index (Phi) is 31.7. The summed E-state index contributed by atoms with van der Waals surface area (Å²) < 4.78 is 4.91. The third kappa shape index (κ3) is 31.2. The highest BCUT2D eigenvalue weighted by atomic mass is 16.5. The van der Waals surface area contributed by atoms with Crippen LogP contribution < -0.4 is 0 Å². The van der Waals surface area contributed by atoms with Crippen LogP contribution in [0.15, 0.2) is 24.8 Å². The maximum absolute atomic E-state index is 11.6. The molecule has 0 amide bonds. The van der Waals surface area contributed by atoms with Crippen LogP contribution in [-0.4, -0.2) is 23.7 Å². The van der Waals surface area contributed by atoms with Gasteiger partial charge in [-0.1, -0.05) is 179 Å². The summed E-state index contributed by atoms with van der Waals surface area (Å²) in [5.41, 5.74) is 0. The van der Waals surface area contributed by atoms with Crippen LogP contribution in [0, 0.1) is 5.92 Å². The van der Waals surface area contributed by atoms with E-state index in [1.165, 1.54) is 154 Å². The van der Waals surface area contributed by atoms with E-state index in [2.05, 4.69) is 25.7 Å². The van der Waals surface area contributed by atoms with Crippen LogP contribution in [0.1, 0.15) is 187 Å². The predicted octanol–water partition coefficient (Wildman–Crippen LogP) is 11.9. The van der Waals surface area contributed by atoms with Crippen molar-refractivity contribution >= 4 is 11.9 Å². The number of aliphatic carboxylic acids is 1.